The summed E-state index contributed by atoms with van der Waals surface area (Å²) in [6, 6.07) is 4.46. The van der Waals surface area contributed by atoms with Crippen LogP contribution < -0.4 is 10.1 Å². The zero-order valence-electron chi connectivity index (χ0n) is 9.13. The molecular formula is C12H12FNO2. The molecule has 0 radical (unpaired) electrons. The van der Waals surface area contributed by atoms with Gasteiger partial charge in [-0.2, -0.15) is 0 Å². The molecule has 0 aromatic heterocycles. The lowest BCUT2D eigenvalue weighted by molar-refractivity contribution is -0.118. The summed E-state index contributed by atoms with van der Waals surface area (Å²) in [6.07, 6.45) is 0. The summed E-state index contributed by atoms with van der Waals surface area (Å²) in [6.45, 7) is 1.66. The highest BCUT2D eigenvalue weighted by Crippen LogP contribution is 2.16. The van der Waals surface area contributed by atoms with E-state index in [1.165, 1.54) is 26.2 Å². The van der Waals surface area contributed by atoms with Crippen molar-refractivity contribution in [3.63, 3.8) is 0 Å². The molecule has 0 fully saturated rings. The molecular weight excluding hydrogens is 209 g/mol. The number of amides is 1. The summed E-state index contributed by atoms with van der Waals surface area (Å²) in [5, 5.41) is 2.52. The number of hydrogen-bond acceptors (Lipinski definition) is 2. The average molecular weight is 221 g/mol. The molecule has 1 amide bonds. The molecule has 0 spiro atoms. The molecule has 1 N–H and O–H groups in total. The van der Waals surface area contributed by atoms with Crippen molar-refractivity contribution in [2.45, 2.75) is 6.92 Å². The van der Waals surface area contributed by atoms with Crippen LogP contribution in [0.3, 0.4) is 0 Å². The molecule has 0 bridgehead atoms. The Balaban J connectivity index is 2.67. The van der Waals surface area contributed by atoms with Crippen LogP contribution in [0.5, 0.6) is 5.75 Å². The number of hydrogen-bond donors (Lipinski definition) is 1. The van der Waals surface area contributed by atoms with Gasteiger partial charge in [-0.1, -0.05) is 11.8 Å². The highest BCUT2D eigenvalue weighted by molar-refractivity contribution is 5.73. The molecule has 0 atom stereocenters. The number of carbonyl (C=O) groups is 1. The highest BCUT2D eigenvalue weighted by atomic mass is 19.1. The predicted octanol–water partition coefficient (Wildman–Crippen LogP) is 1.32. The number of rotatable bonds is 2. The van der Waals surface area contributed by atoms with Crippen LogP contribution in [0.4, 0.5) is 4.39 Å². The molecule has 0 aliphatic rings. The van der Waals surface area contributed by atoms with E-state index in [1.54, 1.807) is 6.07 Å². The topological polar surface area (TPSA) is 38.3 Å². The number of nitrogens with one attached hydrogen (secondary N) is 1. The van der Waals surface area contributed by atoms with E-state index in [0.29, 0.717) is 5.56 Å². The lowest BCUT2D eigenvalue weighted by Crippen LogP contribution is -2.19. The van der Waals surface area contributed by atoms with E-state index in [1.807, 2.05) is 0 Å². The SMILES string of the molecule is COc1ccc(C#CCNC(C)=O)cc1F. The van der Waals surface area contributed by atoms with Crippen LogP contribution in [0, 0.1) is 17.7 Å². The van der Waals surface area contributed by atoms with Crippen LogP contribution in [0.1, 0.15) is 12.5 Å². The zero-order chi connectivity index (χ0) is 12.0. The fourth-order valence-corrected chi connectivity index (χ4v) is 1.06. The second-order valence-electron chi connectivity index (χ2n) is 3.06. The maximum absolute atomic E-state index is 13.2. The predicted molar refractivity (Wildman–Crippen MR) is 58.5 cm³/mol. The molecule has 1 rings (SSSR count). The smallest absolute Gasteiger partial charge is 0.217 e. The Labute approximate surface area is 93.6 Å². The molecule has 3 nitrogen and oxygen atoms in total. The fourth-order valence-electron chi connectivity index (χ4n) is 1.06. The van der Waals surface area contributed by atoms with Gasteiger partial charge in [0.25, 0.3) is 0 Å². The Kier molecular flexibility index (Phi) is 4.34. The lowest BCUT2D eigenvalue weighted by atomic mass is 10.2. The summed E-state index contributed by atoms with van der Waals surface area (Å²) < 4.78 is 18.0. The molecule has 0 heterocycles. The van der Waals surface area contributed by atoms with Crippen molar-refractivity contribution < 1.29 is 13.9 Å². The quantitative estimate of drug-likeness (QED) is 0.765. The normalized spacial score (nSPS) is 8.94. The average Bonchev–Trinajstić information content (AvgIpc) is 2.24. The summed E-state index contributed by atoms with van der Waals surface area (Å²) in [5.41, 5.74) is 0.545. The van der Waals surface area contributed by atoms with Gasteiger partial charge in [0.2, 0.25) is 5.91 Å². The van der Waals surface area contributed by atoms with Crippen molar-refractivity contribution in [1.29, 1.82) is 0 Å². The number of methoxy groups -OCH3 is 1. The lowest BCUT2D eigenvalue weighted by Gasteiger charge is -2.00. The molecule has 0 saturated carbocycles. The highest BCUT2D eigenvalue weighted by Gasteiger charge is 2.00. The van der Waals surface area contributed by atoms with Gasteiger partial charge in [0.05, 0.1) is 13.7 Å². The van der Waals surface area contributed by atoms with Crippen molar-refractivity contribution in [2.75, 3.05) is 13.7 Å². The second kappa shape index (κ2) is 5.76. The zero-order valence-corrected chi connectivity index (χ0v) is 9.13. The Bertz CT molecular complexity index is 446. The van der Waals surface area contributed by atoms with E-state index in [9.17, 15) is 9.18 Å². The summed E-state index contributed by atoms with van der Waals surface area (Å²) in [5.74, 6) is 5.03. The van der Waals surface area contributed by atoms with Gasteiger partial charge in [0.15, 0.2) is 11.6 Å². The third kappa shape index (κ3) is 3.62. The van der Waals surface area contributed by atoms with Crippen LogP contribution in [0.25, 0.3) is 0 Å². The number of benzene rings is 1. The Morgan fingerprint density at radius 3 is 2.88 bits per heavy atom. The fraction of sp³-hybridized carbons (Fsp3) is 0.250. The first-order valence-corrected chi connectivity index (χ1v) is 4.70. The Morgan fingerprint density at radius 2 is 2.31 bits per heavy atom. The minimum atomic E-state index is -0.450. The Morgan fingerprint density at radius 1 is 1.56 bits per heavy atom. The van der Waals surface area contributed by atoms with Crippen molar-refractivity contribution >= 4 is 5.91 Å². The summed E-state index contributed by atoms with van der Waals surface area (Å²) >= 11 is 0. The minimum absolute atomic E-state index is 0.143. The minimum Gasteiger partial charge on any atom is -0.494 e. The molecule has 16 heavy (non-hydrogen) atoms. The van der Waals surface area contributed by atoms with Crippen LogP contribution in [-0.2, 0) is 4.79 Å². The Hall–Kier alpha value is -2.02. The standard InChI is InChI=1S/C12H12FNO2/c1-9(15)14-7-3-4-10-5-6-12(16-2)11(13)8-10/h5-6,8H,7H2,1-2H3,(H,14,15). The molecule has 1 aromatic rings. The van der Waals surface area contributed by atoms with Gasteiger partial charge in [0, 0.05) is 12.5 Å². The van der Waals surface area contributed by atoms with Crippen LogP contribution in [0.15, 0.2) is 18.2 Å². The number of ether oxygens (including phenoxy) is 1. The second-order valence-corrected chi connectivity index (χ2v) is 3.06. The van der Waals surface area contributed by atoms with Gasteiger partial charge in [-0.25, -0.2) is 4.39 Å². The van der Waals surface area contributed by atoms with E-state index in [4.69, 9.17) is 4.74 Å². The van der Waals surface area contributed by atoms with Crippen LogP contribution in [-0.4, -0.2) is 19.6 Å². The summed E-state index contributed by atoms with van der Waals surface area (Å²) in [7, 11) is 1.40. The summed E-state index contributed by atoms with van der Waals surface area (Å²) in [4.78, 5) is 10.5. The first kappa shape index (κ1) is 12.1. The van der Waals surface area contributed by atoms with E-state index in [0.717, 1.165) is 0 Å². The van der Waals surface area contributed by atoms with Gasteiger partial charge >= 0.3 is 0 Å². The first-order valence-electron chi connectivity index (χ1n) is 4.70. The number of carbonyl (C=O) groups excluding carboxylic acids is 1. The van der Waals surface area contributed by atoms with Crippen molar-refractivity contribution in [3.05, 3.63) is 29.6 Å². The van der Waals surface area contributed by atoms with Crippen molar-refractivity contribution in [2.24, 2.45) is 0 Å². The third-order valence-corrected chi connectivity index (χ3v) is 1.81. The van der Waals surface area contributed by atoms with E-state index < -0.39 is 5.82 Å². The maximum Gasteiger partial charge on any atom is 0.217 e. The molecule has 0 aliphatic heterocycles. The van der Waals surface area contributed by atoms with Crippen molar-refractivity contribution in [3.8, 4) is 17.6 Å². The van der Waals surface area contributed by atoms with Gasteiger partial charge < -0.3 is 10.1 Å². The third-order valence-electron chi connectivity index (χ3n) is 1.81. The monoisotopic (exact) mass is 221 g/mol. The molecule has 84 valence electrons. The number of halogens is 1. The van der Waals surface area contributed by atoms with Crippen LogP contribution >= 0.6 is 0 Å². The van der Waals surface area contributed by atoms with Crippen molar-refractivity contribution in [1.82, 2.24) is 5.32 Å². The molecule has 0 saturated heterocycles. The van der Waals surface area contributed by atoms with E-state index in [-0.39, 0.29) is 18.2 Å². The van der Waals surface area contributed by atoms with Gasteiger partial charge in [-0.3, -0.25) is 4.79 Å². The molecule has 1 aromatic carbocycles. The first-order chi connectivity index (χ1) is 7.63. The van der Waals surface area contributed by atoms with Gasteiger partial charge in [0.1, 0.15) is 0 Å². The van der Waals surface area contributed by atoms with Crippen LogP contribution in [0.2, 0.25) is 0 Å². The molecule has 0 aliphatic carbocycles. The van der Waals surface area contributed by atoms with Gasteiger partial charge in [-0.05, 0) is 18.2 Å². The molecule has 0 unspecified atom stereocenters. The molecule has 4 heteroatoms. The largest absolute Gasteiger partial charge is 0.494 e. The van der Waals surface area contributed by atoms with E-state index in [2.05, 4.69) is 17.2 Å². The van der Waals surface area contributed by atoms with Gasteiger partial charge in [-0.15, -0.1) is 0 Å². The van der Waals surface area contributed by atoms with E-state index >= 15 is 0 Å². The maximum atomic E-state index is 13.2.